The van der Waals surface area contributed by atoms with Gasteiger partial charge in [0.05, 0.1) is 5.75 Å². The quantitative estimate of drug-likeness (QED) is 0.499. The first kappa shape index (κ1) is 20.7. The summed E-state index contributed by atoms with van der Waals surface area (Å²) in [6, 6.07) is 12.2. The van der Waals surface area contributed by atoms with Gasteiger partial charge in [-0.15, -0.1) is 0 Å². The molecule has 7 nitrogen and oxygen atoms in total. The van der Waals surface area contributed by atoms with Gasteiger partial charge >= 0.3 is 0 Å². The van der Waals surface area contributed by atoms with E-state index in [9.17, 15) is 9.59 Å². The maximum atomic E-state index is 12.2. The van der Waals surface area contributed by atoms with Gasteiger partial charge in [-0.25, -0.2) is 9.97 Å². The molecular formula is C22H27N5O2S. The van der Waals surface area contributed by atoms with Crippen LogP contribution in [0.5, 0.6) is 0 Å². The highest BCUT2D eigenvalue weighted by Gasteiger charge is 2.30. The van der Waals surface area contributed by atoms with Gasteiger partial charge in [0, 0.05) is 37.7 Å². The summed E-state index contributed by atoms with van der Waals surface area (Å²) in [5.41, 5.74) is 1.08. The van der Waals surface area contributed by atoms with Gasteiger partial charge in [-0.2, -0.15) is 0 Å². The summed E-state index contributed by atoms with van der Waals surface area (Å²) < 4.78 is 0. The van der Waals surface area contributed by atoms with Crippen LogP contribution in [0.1, 0.15) is 31.2 Å². The van der Waals surface area contributed by atoms with Crippen LogP contribution < -0.4 is 15.5 Å². The molecule has 0 unspecified atom stereocenters. The fourth-order valence-electron chi connectivity index (χ4n) is 3.49. The molecule has 4 rings (SSSR count). The minimum absolute atomic E-state index is 0.0218. The number of piperidine rings is 1. The van der Waals surface area contributed by atoms with Crippen LogP contribution in [0, 0.1) is 5.92 Å². The van der Waals surface area contributed by atoms with E-state index in [0.29, 0.717) is 18.3 Å². The molecule has 2 N–H and O–H groups in total. The van der Waals surface area contributed by atoms with Gasteiger partial charge in [-0.3, -0.25) is 9.59 Å². The first-order valence-corrected chi connectivity index (χ1v) is 11.5. The zero-order chi connectivity index (χ0) is 20.8. The second-order valence-corrected chi connectivity index (χ2v) is 8.81. The van der Waals surface area contributed by atoms with Crippen molar-refractivity contribution in [2.75, 3.05) is 23.7 Å². The second-order valence-electron chi connectivity index (χ2n) is 7.81. The highest BCUT2D eigenvalue weighted by Crippen LogP contribution is 2.26. The Bertz CT molecular complexity index is 867. The lowest BCUT2D eigenvalue weighted by Gasteiger charge is -2.32. The van der Waals surface area contributed by atoms with E-state index in [1.807, 2.05) is 36.4 Å². The van der Waals surface area contributed by atoms with Crippen LogP contribution in [-0.4, -0.2) is 46.7 Å². The Hall–Kier alpha value is -2.61. The number of thioether (sulfide) groups is 1. The third-order valence-electron chi connectivity index (χ3n) is 5.42. The number of aromatic nitrogens is 2. The van der Waals surface area contributed by atoms with Gasteiger partial charge in [0.2, 0.25) is 11.8 Å². The van der Waals surface area contributed by atoms with Gasteiger partial charge < -0.3 is 15.5 Å². The summed E-state index contributed by atoms with van der Waals surface area (Å²) in [6.45, 7) is 2.14. The molecule has 1 aliphatic heterocycles. The molecule has 2 aromatic rings. The SMILES string of the molecule is O=C(CSc1cc(N2CCC(C(=O)NC3CC3)CC2)ncn1)NCc1ccccc1. The minimum Gasteiger partial charge on any atom is -0.356 e. The van der Waals surface area contributed by atoms with Crippen molar-refractivity contribution < 1.29 is 9.59 Å². The monoisotopic (exact) mass is 425 g/mol. The molecule has 1 saturated carbocycles. The van der Waals surface area contributed by atoms with E-state index < -0.39 is 0 Å². The summed E-state index contributed by atoms with van der Waals surface area (Å²) in [5, 5.41) is 6.82. The molecular weight excluding hydrogens is 398 g/mol. The lowest BCUT2D eigenvalue weighted by molar-refractivity contribution is -0.125. The molecule has 2 aliphatic rings. The number of carbonyl (C=O) groups is 2. The molecule has 2 fully saturated rings. The summed E-state index contributed by atoms with van der Waals surface area (Å²) in [7, 11) is 0. The Morgan fingerprint density at radius 3 is 2.57 bits per heavy atom. The fraction of sp³-hybridized carbons (Fsp3) is 0.455. The topological polar surface area (TPSA) is 87.2 Å². The first-order valence-electron chi connectivity index (χ1n) is 10.5. The molecule has 2 heterocycles. The number of rotatable bonds is 8. The minimum atomic E-state index is -0.0218. The number of hydrogen-bond donors (Lipinski definition) is 2. The van der Waals surface area contributed by atoms with Crippen LogP contribution >= 0.6 is 11.8 Å². The Balaban J connectivity index is 1.22. The number of benzene rings is 1. The van der Waals surface area contributed by atoms with Crippen molar-refractivity contribution in [2.45, 2.75) is 43.3 Å². The second kappa shape index (κ2) is 9.93. The molecule has 2 amide bonds. The number of amides is 2. The zero-order valence-corrected chi connectivity index (χ0v) is 17.7. The number of nitrogens with zero attached hydrogens (tertiary/aromatic N) is 3. The van der Waals surface area contributed by atoms with Crippen molar-refractivity contribution >= 4 is 29.4 Å². The Morgan fingerprint density at radius 2 is 1.83 bits per heavy atom. The number of carbonyl (C=O) groups excluding carboxylic acids is 2. The van der Waals surface area contributed by atoms with Crippen molar-refractivity contribution in [1.82, 2.24) is 20.6 Å². The Morgan fingerprint density at radius 1 is 1.07 bits per heavy atom. The van der Waals surface area contributed by atoms with Gasteiger partial charge in [0.15, 0.2) is 0 Å². The van der Waals surface area contributed by atoms with Crippen molar-refractivity contribution in [3.8, 4) is 0 Å². The van der Waals surface area contributed by atoms with Crippen LogP contribution in [0.4, 0.5) is 5.82 Å². The van der Waals surface area contributed by atoms with Crippen molar-refractivity contribution in [2.24, 2.45) is 5.92 Å². The lowest BCUT2D eigenvalue weighted by Crippen LogP contribution is -2.41. The lowest BCUT2D eigenvalue weighted by atomic mass is 9.96. The fourth-order valence-corrected chi connectivity index (χ4v) is 4.18. The maximum absolute atomic E-state index is 12.2. The van der Waals surface area contributed by atoms with Crippen LogP contribution in [0.2, 0.25) is 0 Å². The van der Waals surface area contributed by atoms with Crippen LogP contribution in [-0.2, 0) is 16.1 Å². The molecule has 8 heteroatoms. The highest BCUT2D eigenvalue weighted by atomic mass is 32.2. The van der Waals surface area contributed by atoms with E-state index in [-0.39, 0.29) is 17.7 Å². The van der Waals surface area contributed by atoms with Gasteiger partial charge in [0.25, 0.3) is 0 Å². The standard InChI is InChI=1S/C22H27N5O2S/c28-20(23-13-16-4-2-1-3-5-16)14-30-21-12-19(24-15-25-21)27-10-8-17(9-11-27)22(29)26-18-6-7-18/h1-5,12,15,17-18H,6-11,13-14H2,(H,23,28)(H,26,29). The van der Waals surface area contributed by atoms with E-state index in [0.717, 1.165) is 55.2 Å². The molecule has 0 radical (unpaired) electrons. The van der Waals surface area contributed by atoms with Crippen LogP contribution in [0.25, 0.3) is 0 Å². The molecule has 1 aromatic carbocycles. The molecule has 0 bridgehead atoms. The third kappa shape index (κ3) is 5.95. The number of nitrogens with one attached hydrogen (secondary N) is 2. The largest absolute Gasteiger partial charge is 0.356 e. The summed E-state index contributed by atoms with van der Waals surface area (Å²) >= 11 is 1.41. The van der Waals surface area contributed by atoms with Gasteiger partial charge in [-0.1, -0.05) is 42.1 Å². The normalized spacial score (nSPS) is 16.9. The predicted octanol–water partition coefficient (Wildman–Crippen LogP) is 2.38. The average molecular weight is 426 g/mol. The molecule has 1 aliphatic carbocycles. The van der Waals surface area contributed by atoms with E-state index in [1.54, 1.807) is 6.33 Å². The van der Waals surface area contributed by atoms with Crippen molar-refractivity contribution in [3.05, 3.63) is 48.3 Å². The maximum Gasteiger partial charge on any atom is 0.230 e. The first-order chi connectivity index (χ1) is 14.7. The van der Waals surface area contributed by atoms with Gasteiger partial charge in [-0.05, 0) is 31.2 Å². The average Bonchev–Trinajstić information content (AvgIpc) is 3.61. The summed E-state index contributed by atoms with van der Waals surface area (Å²) in [5.74, 6) is 1.46. The third-order valence-corrected chi connectivity index (χ3v) is 6.35. The zero-order valence-electron chi connectivity index (χ0n) is 16.9. The molecule has 30 heavy (non-hydrogen) atoms. The summed E-state index contributed by atoms with van der Waals surface area (Å²) in [6.07, 6.45) is 5.47. The van der Waals surface area contributed by atoms with Crippen LogP contribution in [0.3, 0.4) is 0 Å². The van der Waals surface area contributed by atoms with E-state index in [4.69, 9.17) is 0 Å². The predicted molar refractivity (Wildman–Crippen MR) is 117 cm³/mol. The van der Waals surface area contributed by atoms with Gasteiger partial charge in [0.1, 0.15) is 17.2 Å². The van der Waals surface area contributed by atoms with E-state index in [2.05, 4.69) is 25.5 Å². The molecule has 1 aromatic heterocycles. The Kier molecular flexibility index (Phi) is 6.84. The number of anilines is 1. The molecule has 0 atom stereocenters. The number of hydrogen-bond acceptors (Lipinski definition) is 6. The van der Waals surface area contributed by atoms with E-state index in [1.165, 1.54) is 11.8 Å². The Labute approximate surface area is 181 Å². The van der Waals surface area contributed by atoms with Crippen molar-refractivity contribution in [3.63, 3.8) is 0 Å². The van der Waals surface area contributed by atoms with Crippen LogP contribution in [0.15, 0.2) is 47.8 Å². The summed E-state index contributed by atoms with van der Waals surface area (Å²) in [4.78, 5) is 35.3. The molecule has 0 spiro atoms. The van der Waals surface area contributed by atoms with E-state index >= 15 is 0 Å². The molecule has 1 saturated heterocycles. The van der Waals surface area contributed by atoms with Crippen molar-refractivity contribution in [1.29, 1.82) is 0 Å². The highest BCUT2D eigenvalue weighted by molar-refractivity contribution is 7.99. The molecule has 158 valence electrons. The smallest absolute Gasteiger partial charge is 0.230 e.